The van der Waals surface area contributed by atoms with Crippen LogP contribution in [0.1, 0.15) is 16.8 Å². The van der Waals surface area contributed by atoms with Gasteiger partial charge in [0.05, 0.1) is 0 Å². The highest BCUT2D eigenvalue weighted by molar-refractivity contribution is 5.94. The van der Waals surface area contributed by atoms with Gasteiger partial charge in [0, 0.05) is 18.7 Å². The Morgan fingerprint density at radius 2 is 2.19 bits per heavy atom. The average Bonchev–Trinajstić information content (AvgIpc) is 2.76. The van der Waals surface area contributed by atoms with E-state index >= 15 is 0 Å². The molecule has 0 bridgehead atoms. The van der Waals surface area contributed by atoms with Crippen molar-refractivity contribution in [2.75, 3.05) is 19.9 Å². The number of hydrogen-bond donors (Lipinski definition) is 2. The van der Waals surface area contributed by atoms with Gasteiger partial charge in [0.25, 0.3) is 5.91 Å². The van der Waals surface area contributed by atoms with Gasteiger partial charge in [0.1, 0.15) is 0 Å². The fourth-order valence-electron chi connectivity index (χ4n) is 1.42. The Morgan fingerprint density at radius 3 is 3.00 bits per heavy atom. The van der Waals surface area contributed by atoms with Crippen molar-refractivity contribution in [2.24, 2.45) is 0 Å². The number of carbonyl (C=O) groups is 1. The first-order valence-electron chi connectivity index (χ1n) is 5.10. The predicted octanol–water partition coefficient (Wildman–Crippen LogP) is 0.527. The van der Waals surface area contributed by atoms with Crippen LogP contribution in [0.3, 0.4) is 0 Å². The van der Waals surface area contributed by atoms with Crippen molar-refractivity contribution in [3.8, 4) is 11.5 Å². The van der Waals surface area contributed by atoms with E-state index in [-0.39, 0.29) is 19.3 Å². The van der Waals surface area contributed by atoms with E-state index in [1.807, 2.05) is 0 Å². The van der Waals surface area contributed by atoms with Crippen LogP contribution >= 0.6 is 0 Å². The highest BCUT2D eigenvalue weighted by Crippen LogP contribution is 2.32. The van der Waals surface area contributed by atoms with Crippen LogP contribution in [0, 0.1) is 0 Å². The number of rotatable bonds is 4. The summed E-state index contributed by atoms with van der Waals surface area (Å²) >= 11 is 0. The van der Waals surface area contributed by atoms with Crippen LogP contribution in [0.2, 0.25) is 0 Å². The van der Waals surface area contributed by atoms with Gasteiger partial charge in [-0.05, 0) is 24.6 Å². The molecule has 1 aliphatic rings. The molecule has 0 aromatic heterocycles. The first-order valence-corrected chi connectivity index (χ1v) is 5.10. The van der Waals surface area contributed by atoms with Gasteiger partial charge in [-0.1, -0.05) is 0 Å². The number of amides is 1. The molecule has 0 unspecified atom stereocenters. The average molecular weight is 223 g/mol. The molecule has 0 radical (unpaired) electrons. The Balaban J connectivity index is 2.01. The minimum Gasteiger partial charge on any atom is -0.454 e. The standard InChI is InChI=1S/C11H13NO4/c13-5-1-4-12-11(14)8-2-3-9-10(6-8)16-7-15-9/h2-3,6,13H,1,4-5,7H2,(H,12,14). The van der Waals surface area contributed by atoms with Crippen molar-refractivity contribution >= 4 is 5.91 Å². The van der Waals surface area contributed by atoms with Crippen LogP contribution in [0.5, 0.6) is 11.5 Å². The number of aliphatic hydroxyl groups is 1. The topological polar surface area (TPSA) is 67.8 Å². The van der Waals surface area contributed by atoms with Gasteiger partial charge < -0.3 is 19.9 Å². The third kappa shape index (κ3) is 2.25. The van der Waals surface area contributed by atoms with Crippen molar-refractivity contribution in [3.63, 3.8) is 0 Å². The zero-order chi connectivity index (χ0) is 11.4. The minimum atomic E-state index is -0.174. The smallest absolute Gasteiger partial charge is 0.251 e. The molecule has 5 nitrogen and oxygen atoms in total. The summed E-state index contributed by atoms with van der Waals surface area (Å²) in [5, 5.41) is 11.3. The monoisotopic (exact) mass is 223 g/mol. The Bertz CT molecular complexity index is 392. The maximum atomic E-state index is 11.6. The van der Waals surface area contributed by atoms with E-state index in [1.54, 1.807) is 18.2 Å². The Kier molecular flexibility index (Phi) is 3.26. The molecule has 1 aromatic rings. The van der Waals surface area contributed by atoms with Crippen LogP contribution in [0.4, 0.5) is 0 Å². The molecule has 0 saturated heterocycles. The van der Waals surface area contributed by atoms with E-state index in [2.05, 4.69) is 5.32 Å². The molecule has 0 spiro atoms. The van der Waals surface area contributed by atoms with E-state index in [0.29, 0.717) is 30.0 Å². The molecule has 86 valence electrons. The lowest BCUT2D eigenvalue weighted by atomic mass is 10.2. The predicted molar refractivity (Wildman–Crippen MR) is 56.6 cm³/mol. The molecule has 2 N–H and O–H groups in total. The van der Waals surface area contributed by atoms with Crippen molar-refractivity contribution in [1.29, 1.82) is 0 Å². The number of aliphatic hydroxyl groups excluding tert-OH is 1. The van der Waals surface area contributed by atoms with Gasteiger partial charge >= 0.3 is 0 Å². The lowest BCUT2D eigenvalue weighted by Crippen LogP contribution is -2.24. The summed E-state index contributed by atoms with van der Waals surface area (Å²) in [5.74, 6) is 1.08. The van der Waals surface area contributed by atoms with Gasteiger partial charge in [-0.3, -0.25) is 4.79 Å². The second-order valence-electron chi connectivity index (χ2n) is 3.40. The van der Waals surface area contributed by atoms with E-state index in [9.17, 15) is 4.79 Å². The largest absolute Gasteiger partial charge is 0.454 e. The van der Waals surface area contributed by atoms with E-state index < -0.39 is 0 Å². The summed E-state index contributed by atoms with van der Waals surface area (Å²) in [6.45, 7) is 0.732. The molecule has 1 heterocycles. The van der Waals surface area contributed by atoms with Gasteiger partial charge in [-0.15, -0.1) is 0 Å². The summed E-state index contributed by atoms with van der Waals surface area (Å²) in [6, 6.07) is 5.04. The van der Waals surface area contributed by atoms with E-state index in [4.69, 9.17) is 14.6 Å². The highest BCUT2D eigenvalue weighted by Gasteiger charge is 2.15. The molecule has 16 heavy (non-hydrogen) atoms. The minimum absolute atomic E-state index is 0.0709. The molecule has 2 rings (SSSR count). The van der Waals surface area contributed by atoms with Crippen LogP contribution in [0.15, 0.2) is 18.2 Å². The maximum Gasteiger partial charge on any atom is 0.251 e. The third-order valence-corrected chi connectivity index (χ3v) is 2.26. The Labute approximate surface area is 93.0 Å². The summed E-state index contributed by atoms with van der Waals surface area (Å²) in [7, 11) is 0. The van der Waals surface area contributed by atoms with E-state index in [0.717, 1.165) is 0 Å². The summed E-state index contributed by atoms with van der Waals surface area (Å²) in [6.07, 6.45) is 0.552. The van der Waals surface area contributed by atoms with Crippen LogP contribution in [-0.4, -0.2) is 31.0 Å². The quantitative estimate of drug-likeness (QED) is 0.730. The molecule has 5 heteroatoms. The highest BCUT2D eigenvalue weighted by atomic mass is 16.7. The molecular weight excluding hydrogens is 210 g/mol. The normalized spacial score (nSPS) is 12.6. The second-order valence-corrected chi connectivity index (χ2v) is 3.40. The molecule has 1 aliphatic heterocycles. The summed E-state index contributed by atoms with van der Waals surface area (Å²) in [4.78, 5) is 11.6. The van der Waals surface area contributed by atoms with Crippen molar-refractivity contribution < 1.29 is 19.4 Å². The number of nitrogens with one attached hydrogen (secondary N) is 1. The molecule has 0 saturated carbocycles. The SMILES string of the molecule is O=C(NCCCO)c1ccc2c(c1)OCO2. The lowest BCUT2D eigenvalue weighted by molar-refractivity contribution is 0.0950. The van der Waals surface area contributed by atoms with Gasteiger partial charge in [-0.25, -0.2) is 0 Å². The number of fused-ring (bicyclic) bond motifs is 1. The third-order valence-electron chi connectivity index (χ3n) is 2.26. The Morgan fingerprint density at radius 1 is 1.38 bits per heavy atom. The fraction of sp³-hybridized carbons (Fsp3) is 0.364. The van der Waals surface area contributed by atoms with Crippen molar-refractivity contribution in [1.82, 2.24) is 5.32 Å². The van der Waals surface area contributed by atoms with Crippen LogP contribution in [0.25, 0.3) is 0 Å². The van der Waals surface area contributed by atoms with Crippen LogP contribution < -0.4 is 14.8 Å². The van der Waals surface area contributed by atoms with Crippen molar-refractivity contribution in [2.45, 2.75) is 6.42 Å². The summed E-state index contributed by atoms with van der Waals surface area (Å²) < 4.78 is 10.3. The fourth-order valence-corrected chi connectivity index (χ4v) is 1.42. The number of ether oxygens (including phenoxy) is 2. The molecular formula is C11H13NO4. The van der Waals surface area contributed by atoms with Gasteiger partial charge in [-0.2, -0.15) is 0 Å². The molecule has 1 aromatic carbocycles. The van der Waals surface area contributed by atoms with Crippen LogP contribution in [-0.2, 0) is 0 Å². The molecule has 0 aliphatic carbocycles. The molecule has 1 amide bonds. The van der Waals surface area contributed by atoms with Crippen molar-refractivity contribution in [3.05, 3.63) is 23.8 Å². The molecule has 0 atom stereocenters. The lowest BCUT2D eigenvalue weighted by Gasteiger charge is -2.04. The second kappa shape index (κ2) is 4.85. The van der Waals surface area contributed by atoms with E-state index in [1.165, 1.54) is 0 Å². The Hall–Kier alpha value is -1.75. The molecule has 0 fully saturated rings. The number of carbonyl (C=O) groups excluding carboxylic acids is 1. The maximum absolute atomic E-state index is 11.6. The zero-order valence-electron chi connectivity index (χ0n) is 8.73. The number of benzene rings is 1. The summed E-state index contributed by atoms with van der Waals surface area (Å²) in [5.41, 5.74) is 0.530. The number of hydrogen-bond acceptors (Lipinski definition) is 4. The first kappa shape index (κ1) is 10.8. The van der Waals surface area contributed by atoms with Gasteiger partial charge in [0.2, 0.25) is 6.79 Å². The zero-order valence-corrected chi connectivity index (χ0v) is 8.73. The first-order chi connectivity index (χ1) is 7.81. The van der Waals surface area contributed by atoms with Gasteiger partial charge in [0.15, 0.2) is 11.5 Å².